The summed E-state index contributed by atoms with van der Waals surface area (Å²) in [5.74, 6) is -0.0488. The van der Waals surface area contributed by atoms with E-state index in [-0.39, 0.29) is 22.8 Å². The molecule has 2 aliphatic rings. The van der Waals surface area contributed by atoms with Crippen LogP contribution in [0.4, 0.5) is 11.5 Å². The van der Waals surface area contributed by atoms with Crippen LogP contribution in [-0.2, 0) is 10.0 Å². The van der Waals surface area contributed by atoms with Crippen molar-refractivity contribution in [1.82, 2.24) is 9.88 Å². The number of aryl methyl sites for hydroxylation is 3. The van der Waals surface area contributed by atoms with Gasteiger partial charge in [0.15, 0.2) is 0 Å². The van der Waals surface area contributed by atoms with E-state index in [0.717, 1.165) is 22.6 Å². The average Bonchev–Trinajstić information content (AvgIpc) is 3.14. The third kappa shape index (κ3) is 4.39. The second kappa shape index (κ2) is 8.66. The fourth-order valence-corrected chi connectivity index (χ4v) is 6.00. The second-order valence-electron chi connectivity index (χ2n) is 8.65. The van der Waals surface area contributed by atoms with Crippen LogP contribution in [-0.4, -0.2) is 68.6 Å². The lowest BCUT2D eigenvalue weighted by atomic mass is 10.0. The molecule has 2 aliphatic heterocycles. The van der Waals surface area contributed by atoms with Crippen molar-refractivity contribution < 1.29 is 18.0 Å². The lowest BCUT2D eigenvalue weighted by Crippen LogP contribution is -2.49. The van der Waals surface area contributed by atoms with Gasteiger partial charge >= 0.3 is 0 Å². The van der Waals surface area contributed by atoms with Crippen molar-refractivity contribution in [2.75, 3.05) is 47.7 Å². The Morgan fingerprint density at radius 1 is 0.939 bits per heavy atom. The van der Waals surface area contributed by atoms with Gasteiger partial charge in [0.2, 0.25) is 15.9 Å². The SMILES string of the molecule is Cc1cc(C)c(N2CCN(C(=O)c3ccc(N4CCCS4(=O)=O)cc3C(N)=O)CC2)nc1C. The van der Waals surface area contributed by atoms with Crippen molar-refractivity contribution in [2.45, 2.75) is 27.2 Å². The van der Waals surface area contributed by atoms with Crippen LogP contribution in [0, 0.1) is 20.8 Å². The molecule has 3 heterocycles. The van der Waals surface area contributed by atoms with Gasteiger partial charge < -0.3 is 15.5 Å². The third-order valence-corrected chi connectivity index (χ3v) is 8.25. The summed E-state index contributed by atoms with van der Waals surface area (Å²) in [6, 6.07) is 6.61. The normalized spacial score (nSPS) is 18.0. The minimum absolute atomic E-state index is 0.0358. The molecule has 0 unspecified atom stereocenters. The molecule has 0 radical (unpaired) electrons. The zero-order valence-corrected chi connectivity index (χ0v) is 20.0. The molecule has 2 saturated heterocycles. The number of hydrogen-bond donors (Lipinski definition) is 1. The molecule has 1 aromatic heterocycles. The Kier molecular flexibility index (Phi) is 6.04. The number of piperazine rings is 1. The maximum absolute atomic E-state index is 13.2. The topological polar surface area (TPSA) is 117 Å². The van der Waals surface area contributed by atoms with Gasteiger partial charge in [-0.25, -0.2) is 13.4 Å². The van der Waals surface area contributed by atoms with Crippen molar-refractivity contribution >= 4 is 33.3 Å². The van der Waals surface area contributed by atoms with E-state index in [1.54, 1.807) is 11.0 Å². The summed E-state index contributed by atoms with van der Waals surface area (Å²) in [6.45, 7) is 8.61. The number of sulfonamides is 1. The number of amides is 2. The van der Waals surface area contributed by atoms with Gasteiger partial charge in [0.25, 0.3) is 5.91 Å². The van der Waals surface area contributed by atoms with E-state index in [0.29, 0.717) is 44.8 Å². The Labute approximate surface area is 194 Å². The molecule has 0 aliphatic carbocycles. The predicted octanol–water partition coefficient (Wildman–Crippen LogP) is 1.61. The summed E-state index contributed by atoms with van der Waals surface area (Å²) in [6.07, 6.45) is 0.522. The third-order valence-electron chi connectivity index (χ3n) is 6.38. The molecule has 0 spiro atoms. The van der Waals surface area contributed by atoms with Crippen molar-refractivity contribution in [2.24, 2.45) is 5.73 Å². The number of hydrogen-bond acceptors (Lipinski definition) is 6. The molecular formula is C23H29N5O4S. The smallest absolute Gasteiger partial charge is 0.254 e. The molecular weight excluding hydrogens is 442 g/mol. The Morgan fingerprint density at radius 3 is 2.24 bits per heavy atom. The van der Waals surface area contributed by atoms with E-state index in [9.17, 15) is 18.0 Å². The number of nitrogens with two attached hydrogens (primary N) is 1. The van der Waals surface area contributed by atoms with Crippen molar-refractivity contribution in [3.8, 4) is 0 Å². The van der Waals surface area contributed by atoms with E-state index in [1.165, 1.54) is 16.4 Å². The largest absolute Gasteiger partial charge is 0.366 e. The zero-order chi connectivity index (χ0) is 23.9. The summed E-state index contributed by atoms with van der Waals surface area (Å²) >= 11 is 0. The monoisotopic (exact) mass is 471 g/mol. The molecule has 4 rings (SSSR count). The number of aromatic nitrogens is 1. The van der Waals surface area contributed by atoms with Crippen LogP contribution < -0.4 is 14.9 Å². The lowest BCUT2D eigenvalue weighted by Gasteiger charge is -2.36. The van der Waals surface area contributed by atoms with E-state index < -0.39 is 15.9 Å². The van der Waals surface area contributed by atoms with Gasteiger partial charge in [-0.15, -0.1) is 0 Å². The van der Waals surface area contributed by atoms with Gasteiger partial charge in [-0.3, -0.25) is 13.9 Å². The number of pyridine rings is 1. The van der Waals surface area contributed by atoms with Crippen LogP contribution in [0.1, 0.15) is 44.0 Å². The molecule has 33 heavy (non-hydrogen) atoms. The number of rotatable bonds is 4. The number of primary amides is 1. The highest BCUT2D eigenvalue weighted by Gasteiger charge is 2.31. The molecule has 2 N–H and O–H groups in total. The minimum atomic E-state index is -3.40. The standard InChI is InChI=1S/C23H29N5O4S/c1-15-13-16(2)22(25-17(15)3)26-8-10-27(11-9-26)23(30)19-6-5-18(14-20(19)21(24)29)28-7-4-12-33(28,31)32/h5-6,13-14H,4,7-12H2,1-3H3,(H2,24,29). The van der Waals surface area contributed by atoms with Gasteiger partial charge in [-0.1, -0.05) is 6.07 Å². The van der Waals surface area contributed by atoms with Crippen LogP contribution in [0.25, 0.3) is 0 Å². The van der Waals surface area contributed by atoms with Gasteiger partial charge in [0.1, 0.15) is 5.82 Å². The lowest BCUT2D eigenvalue weighted by molar-refractivity contribution is 0.0741. The maximum Gasteiger partial charge on any atom is 0.254 e. The first kappa shape index (κ1) is 23.0. The van der Waals surface area contributed by atoms with Crippen molar-refractivity contribution in [3.63, 3.8) is 0 Å². The van der Waals surface area contributed by atoms with Crippen LogP contribution in [0.15, 0.2) is 24.3 Å². The van der Waals surface area contributed by atoms with Gasteiger partial charge in [-0.2, -0.15) is 0 Å². The number of anilines is 2. The summed E-state index contributed by atoms with van der Waals surface area (Å²) in [5.41, 5.74) is 9.38. The Bertz CT molecular complexity index is 1220. The zero-order valence-electron chi connectivity index (χ0n) is 19.2. The number of carbonyl (C=O) groups excluding carboxylic acids is 2. The average molecular weight is 472 g/mol. The van der Waals surface area contributed by atoms with Crippen LogP contribution in [0.5, 0.6) is 0 Å². The number of benzene rings is 1. The van der Waals surface area contributed by atoms with Gasteiger partial charge in [-0.05, 0) is 56.5 Å². The highest BCUT2D eigenvalue weighted by atomic mass is 32.2. The van der Waals surface area contributed by atoms with Crippen molar-refractivity contribution in [3.05, 3.63) is 52.2 Å². The number of carbonyl (C=O) groups is 2. The molecule has 10 heteroatoms. The first-order valence-corrected chi connectivity index (χ1v) is 12.6. The molecule has 0 saturated carbocycles. The fourth-order valence-electron chi connectivity index (χ4n) is 4.45. The van der Waals surface area contributed by atoms with Crippen LogP contribution in [0.2, 0.25) is 0 Å². The number of nitrogens with zero attached hydrogens (tertiary/aromatic N) is 4. The molecule has 2 fully saturated rings. The highest BCUT2D eigenvalue weighted by molar-refractivity contribution is 7.93. The summed E-state index contributed by atoms with van der Waals surface area (Å²) in [4.78, 5) is 34.0. The molecule has 176 valence electrons. The Balaban J connectivity index is 1.53. The second-order valence-corrected chi connectivity index (χ2v) is 10.7. The van der Waals surface area contributed by atoms with Gasteiger partial charge in [0.05, 0.1) is 22.6 Å². The first-order chi connectivity index (χ1) is 15.6. The molecule has 1 aromatic carbocycles. The van der Waals surface area contributed by atoms with E-state index >= 15 is 0 Å². The van der Waals surface area contributed by atoms with E-state index in [2.05, 4.69) is 11.0 Å². The summed E-state index contributed by atoms with van der Waals surface area (Å²) in [5, 5.41) is 0. The van der Waals surface area contributed by atoms with Crippen LogP contribution >= 0.6 is 0 Å². The van der Waals surface area contributed by atoms with E-state index in [4.69, 9.17) is 10.7 Å². The van der Waals surface area contributed by atoms with Crippen LogP contribution in [0.3, 0.4) is 0 Å². The summed E-state index contributed by atoms with van der Waals surface area (Å²) < 4.78 is 25.8. The minimum Gasteiger partial charge on any atom is -0.366 e. The summed E-state index contributed by atoms with van der Waals surface area (Å²) in [7, 11) is -3.40. The Morgan fingerprint density at radius 2 is 1.64 bits per heavy atom. The fraction of sp³-hybridized carbons (Fsp3) is 0.435. The molecule has 0 atom stereocenters. The first-order valence-electron chi connectivity index (χ1n) is 11.0. The maximum atomic E-state index is 13.2. The predicted molar refractivity (Wildman–Crippen MR) is 127 cm³/mol. The van der Waals surface area contributed by atoms with Gasteiger partial charge in [0, 0.05) is 38.4 Å². The highest BCUT2D eigenvalue weighted by Crippen LogP contribution is 2.28. The van der Waals surface area contributed by atoms with Crippen molar-refractivity contribution in [1.29, 1.82) is 0 Å². The van der Waals surface area contributed by atoms with E-state index in [1.807, 2.05) is 20.8 Å². The molecule has 2 amide bonds. The molecule has 0 bridgehead atoms. The molecule has 2 aromatic rings. The Hall–Kier alpha value is -3.14. The quantitative estimate of drug-likeness (QED) is 0.724. The molecule has 9 nitrogen and oxygen atoms in total.